The molecular formula is C15H21N3O3. The number of hydrogen-bond donors (Lipinski definition) is 3. The molecular weight excluding hydrogens is 270 g/mol. The Hall–Kier alpha value is -2.08. The van der Waals surface area contributed by atoms with Gasteiger partial charge < -0.3 is 21.1 Å². The van der Waals surface area contributed by atoms with Gasteiger partial charge >= 0.3 is 0 Å². The first kappa shape index (κ1) is 15.3. The number of rotatable bonds is 6. The van der Waals surface area contributed by atoms with Gasteiger partial charge in [0.2, 0.25) is 5.91 Å². The van der Waals surface area contributed by atoms with Crippen molar-refractivity contribution < 1.29 is 14.3 Å². The Morgan fingerprint density at radius 3 is 2.67 bits per heavy atom. The number of anilines is 1. The van der Waals surface area contributed by atoms with Gasteiger partial charge in [0.1, 0.15) is 0 Å². The molecule has 1 aromatic rings. The number of nitrogens with two attached hydrogens (primary N) is 1. The molecule has 114 valence electrons. The zero-order chi connectivity index (χ0) is 15.1. The summed E-state index contributed by atoms with van der Waals surface area (Å²) in [5, 5.41) is 5.38. The van der Waals surface area contributed by atoms with Crippen molar-refractivity contribution >= 4 is 17.5 Å². The molecule has 1 unspecified atom stereocenters. The van der Waals surface area contributed by atoms with Gasteiger partial charge in [-0.2, -0.15) is 0 Å². The van der Waals surface area contributed by atoms with E-state index in [9.17, 15) is 9.59 Å². The van der Waals surface area contributed by atoms with E-state index in [4.69, 9.17) is 10.5 Å². The highest BCUT2D eigenvalue weighted by Gasteiger charge is 2.15. The molecule has 0 radical (unpaired) electrons. The number of amides is 2. The number of benzene rings is 1. The summed E-state index contributed by atoms with van der Waals surface area (Å²) in [5.74, 6) is 0.0710. The molecule has 1 atom stereocenters. The van der Waals surface area contributed by atoms with E-state index in [1.807, 2.05) is 0 Å². The lowest BCUT2D eigenvalue weighted by Crippen LogP contribution is -2.37. The normalized spacial score (nSPS) is 17.4. The van der Waals surface area contributed by atoms with Crippen molar-refractivity contribution in [1.82, 2.24) is 10.6 Å². The number of carbonyl (C=O) groups is 2. The highest BCUT2D eigenvalue weighted by molar-refractivity contribution is 5.96. The SMILES string of the molecule is Nc1ccc(C(=O)NCC(=O)NCCC2CCOC2)cc1. The van der Waals surface area contributed by atoms with Gasteiger partial charge in [0.25, 0.3) is 5.91 Å². The number of ether oxygens (including phenoxy) is 1. The standard InChI is InChI=1S/C15H21N3O3/c16-13-3-1-12(2-4-13)15(20)18-9-14(19)17-7-5-11-6-8-21-10-11/h1-4,11H,5-10,16H2,(H,17,19)(H,18,20). The monoisotopic (exact) mass is 291 g/mol. The fourth-order valence-electron chi connectivity index (χ4n) is 2.19. The van der Waals surface area contributed by atoms with Gasteiger partial charge in [-0.15, -0.1) is 0 Å². The second-order valence-electron chi connectivity index (χ2n) is 5.17. The van der Waals surface area contributed by atoms with Crippen LogP contribution in [0.2, 0.25) is 0 Å². The predicted octanol–water partition coefficient (Wildman–Crippen LogP) is 0.541. The molecule has 0 aromatic heterocycles. The van der Waals surface area contributed by atoms with Crippen molar-refractivity contribution in [2.45, 2.75) is 12.8 Å². The first-order valence-electron chi connectivity index (χ1n) is 7.13. The Morgan fingerprint density at radius 2 is 2.00 bits per heavy atom. The molecule has 0 aliphatic carbocycles. The van der Waals surface area contributed by atoms with Gasteiger partial charge in [-0.3, -0.25) is 9.59 Å². The Labute approximate surface area is 124 Å². The summed E-state index contributed by atoms with van der Waals surface area (Å²) in [6.07, 6.45) is 1.97. The van der Waals surface area contributed by atoms with Crippen LogP contribution in [0, 0.1) is 5.92 Å². The number of carbonyl (C=O) groups excluding carboxylic acids is 2. The topological polar surface area (TPSA) is 93.5 Å². The summed E-state index contributed by atoms with van der Waals surface area (Å²) in [4.78, 5) is 23.4. The van der Waals surface area contributed by atoms with E-state index in [2.05, 4.69) is 10.6 Å². The van der Waals surface area contributed by atoms with Crippen molar-refractivity contribution in [3.8, 4) is 0 Å². The molecule has 0 bridgehead atoms. The van der Waals surface area contributed by atoms with E-state index >= 15 is 0 Å². The zero-order valence-corrected chi connectivity index (χ0v) is 11.9. The van der Waals surface area contributed by atoms with E-state index in [1.54, 1.807) is 24.3 Å². The van der Waals surface area contributed by atoms with Crippen LogP contribution in [0.15, 0.2) is 24.3 Å². The number of nitrogen functional groups attached to an aromatic ring is 1. The van der Waals surface area contributed by atoms with E-state index in [-0.39, 0.29) is 18.4 Å². The molecule has 1 fully saturated rings. The van der Waals surface area contributed by atoms with E-state index < -0.39 is 0 Å². The minimum absolute atomic E-state index is 0.0234. The van der Waals surface area contributed by atoms with Gasteiger partial charge in [-0.05, 0) is 43.0 Å². The molecule has 2 amide bonds. The molecule has 21 heavy (non-hydrogen) atoms. The molecule has 6 heteroatoms. The van der Waals surface area contributed by atoms with Crippen LogP contribution in [-0.4, -0.2) is 38.1 Å². The molecule has 6 nitrogen and oxygen atoms in total. The first-order valence-corrected chi connectivity index (χ1v) is 7.13. The van der Waals surface area contributed by atoms with Crippen LogP contribution in [-0.2, 0) is 9.53 Å². The lowest BCUT2D eigenvalue weighted by Gasteiger charge is -2.09. The van der Waals surface area contributed by atoms with Crippen molar-refractivity contribution in [3.05, 3.63) is 29.8 Å². The largest absolute Gasteiger partial charge is 0.399 e. The quantitative estimate of drug-likeness (QED) is 0.667. The predicted molar refractivity (Wildman–Crippen MR) is 79.7 cm³/mol. The maximum atomic E-state index is 11.8. The van der Waals surface area contributed by atoms with Crippen molar-refractivity contribution in [3.63, 3.8) is 0 Å². The average molecular weight is 291 g/mol. The minimum atomic E-state index is -0.283. The van der Waals surface area contributed by atoms with Crippen LogP contribution < -0.4 is 16.4 Å². The molecule has 1 aliphatic rings. The maximum Gasteiger partial charge on any atom is 0.251 e. The highest BCUT2D eigenvalue weighted by Crippen LogP contribution is 2.14. The smallest absolute Gasteiger partial charge is 0.251 e. The van der Waals surface area contributed by atoms with Crippen LogP contribution in [0.25, 0.3) is 0 Å². The molecule has 1 aromatic carbocycles. The van der Waals surface area contributed by atoms with Crippen LogP contribution in [0.3, 0.4) is 0 Å². The fraction of sp³-hybridized carbons (Fsp3) is 0.467. The summed E-state index contributed by atoms with van der Waals surface area (Å²) >= 11 is 0. The van der Waals surface area contributed by atoms with Crippen LogP contribution in [0.4, 0.5) is 5.69 Å². The maximum absolute atomic E-state index is 11.8. The third kappa shape index (κ3) is 5.07. The van der Waals surface area contributed by atoms with Crippen molar-refractivity contribution in [2.24, 2.45) is 5.92 Å². The molecule has 2 rings (SSSR count). The van der Waals surface area contributed by atoms with Crippen molar-refractivity contribution in [2.75, 3.05) is 32.0 Å². The first-order chi connectivity index (χ1) is 10.1. The summed E-state index contributed by atoms with van der Waals surface area (Å²) in [6.45, 7) is 2.19. The summed E-state index contributed by atoms with van der Waals surface area (Å²) < 4.78 is 5.27. The van der Waals surface area contributed by atoms with Crippen LogP contribution in [0.5, 0.6) is 0 Å². The fourth-order valence-corrected chi connectivity index (χ4v) is 2.19. The lowest BCUT2D eigenvalue weighted by molar-refractivity contribution is -0.120. The zero-order valence-electron chi connectivity index (χ0n) is 11.9. The molecule has 0 spiro atoms. The average Bonchev–Trinajstić information content (AvgIpc) is 2.99. The third-order valence-electron chi connectivity index (χ3n) is 3.48. The van der Waals surface area contributed by atoms with Gasteiger partial charge in [-0.25, -0.2) is 0 Å². The molecule has 4 N–H and O–H groups in total. The third-order valence-corrected chi connectivity index (χ3v) is 3.48. The Kier molecular flexibility index (Phi) is 5.57. The van der Waals surface area contributed by atoms with Gasteiger partial charge in [0.15, 0.2) is 0 Å². The van der Waals surface area contributed by atoms with E-state index in [0.29, 0.717) is 23.7 Å². The summed E-state index contributed by atoms with van der Waals surface area (Å²) in [7, 11) is 0. The van der Waals surface area contributed by atoms with Gasteiger partial charge in [0, 0.05) is 31.0 Å². The number of nitrogens with one attached hydrogen (secondary N) is 2. The summed E-state index contributed by atoms with van der Waals surface area (Å²) in [6, 6.07) is 6.56. The Morgan fingerprint density at radius 1 is 1.24 bits per heavy atom. The molecule has 0 saturated carbocycles. The van der Waals surface area contributed by atoms with Crippen molar-refractivity contribution in [1.29, 1.82) is 0 Å². The molecule has 1 aliphatic heterocycles. The Bertz CT molecular complexity index is 481. The highest BCUT2D eigenvalue weighted by atomic mass is 16.5. The molecule has 1 saturated heterocycles. The van der Waals surface area contributed by atoms with E-state index in [0.717, 1.165) is 26.1 Å². The van der Waals surface area contributed by atoms with Gasteiger partial charge in [-0.1, -0.05) is 0 Å². The van der Waals surface area contributed by atoms with Gasteiger partial charge in [0.05, 0.1) is 6.54 Å². The minimum Gasteiger partial charge on any atom is -0.399 e. The van der Waals surface area contributed by atoms with Crippen LogP contribution in [0.1, 0.15) is 23.2 Å². The van der Waals surface area contributed by atoms with Crippen LogP contribution >= 0.6 is 0 Å². The number of hydrogen-bond acceptors (Lipinski definition) is 4. The molecule has 1 heterocycles. The Balaban J connectivity index is 1.63. The second kappa shape index (κ2) is 7.64. The second-order valence-corrected chi connectivity index (χ2v) is 5.17. The van der Waals surface area contributed by atoms with E-state index in [1.165, 1.54) is 0 Å². The summed E-state index contributed by atoms with van der Waals surface area (Å²) in [5.41, 5.74) is 6.63. The lowest BCUT2D eigenvalue weighted by atomic mass is 10.1.